The van der Waals surface area contributed by atoms with Gasteiger partial charge in [-0.2, -0.15) is 4.72 Å². The van der Waals surface area contributed by atoms with E-state index in [1.165, 1.54) is 24.3 Å². The maximum Gasteiger partial charge on any atom is 0.307 e. The number of carbonyl (C=O) groups excluding carboxylic acids is 1. The number of halogens is 2. The fourth-order valence-electron chi connectivity index (χ4n) is 2.85. The molecule has 3 aromatic carbocycles. The van der Waals surface area contributed by atoms with Crippen molar-refractivity contribution < 1.29 is 27.9 Å². The van der Waals surface area contributed by atoms with Crippen molar-refractivity contribution >= 4 is 55.1 Å². The Morgan fingerprint density at radius 1 is 0.971 bits per heavy atom. The maximum absolute atomic E-state index is 13.0. The highest BCUT2D eigenvalue weighted by Gasteiger charge is 2.27. The van der Waals surface area contributed by atoms with Crippen molar-refractivity contribution in [2.24, 2.45) is 0 Å². The van der Waals surface area contributed by atoms with E-state index in [0.717, 1.165) is 0 Å². The number of carbonyl (C=O) groups is 2. The van der Waals surface area contributed by atoms with Gasteiger partial charge in [-0.3, -0.25) is 9.59 Å². The molecule has 0 aliphatic carbocycles. The molecular weight excluding hydrogens is 548 g/mol. The van der Waals surface area contributed by atoms with Crippen LogP contribution in [0.2, 0.25) is 5.02 Å². The summed E-state index contributed by atoms with van der Waals surface area (Å²) in [6, 6.07) is 17.3. The highest BCUT2D eigenvalue weighted by atomic mass is 79.9. The second kappa shape index (κ2) is 11.5. The molecule has 34 heavy (non-hydrogen) atoms. The summed E-state index contributed by atoms with van der Waals surface area (Å²) in [6.45, 7) is -0.291. The molecule has 1 atom stereocenters. The largest absolute Gasteiger partial charge is 0.491 e. The second-order valence-corrected chi connectivity index (χ2v) is 10.2. The van der Waals surface area contributed by atoms with E-state index in [9.17, 15) is 18.0 Å². The number of anilines is 1. The maximum atomic E-state index is 13.0. The van der Waals surface area contributed by atoms with Crippen LogP contribution in [0.25, 0.3) is 0 Å². The third-order valence-corrected chi connectivity index (χ3v) is 6.81. The predicted octanol–water partition coefficient (Wildman–Crippen LogP) is 4.09. The molecule has 0 saturated carbocycles. The van der Waals surface area contributed by atoms with Crippen molar-refractivity contribution in [2.45, 2.75) is 17.4 Å². The molecule has 0 spiro atoms. The van der Waals surface area contributed by atoms with Gasteiger partial charge in [0.2, 0.25) is 15.9 Å². The molecule has 0 saturated heterocycles. The van der Waals surface area contributed by atoms with Gasteiger partial charge in [0.15, 0.2) is 0 Å². The van der Waals surface area contributed by atoms with Crippen LogP contribution < -0.4 is 14.8 Å². The Balaban J connectivity index is 1.78. The number of amides is 1. The van der Waals surface area contributed by atoms with Gasteiger partial charge in [-0.25, -0.2) is 8.42 Å². The highest BCUT2D eigenvalue weighted by Crippen LogP contribution is 2.18. The van der Waals surface area contributed by atoms with Gasteiger partial charge in [0.05, 0.1) is 11.3 Å². The Hall–Kier alpha value is -2.92. The molecule has 0 aliphatic heterocycles. The number of nitrogens with one attached hydrogen (secondary N) is 2. The summed E-state index contributed by atoms with van der Waals surface area (Å²) in [5.74, 6) is -1.22. The topological polar surface area (TPSA) is 122 Å². The van der Waals surface area contributed by atoms with Gasteiger partial charge < -0.3 is 15.2 Å². The van der Waals surface area contributed by atoms with Crippen molar-refractivity contribution in [1.82, 2.24) is 4.72 Å². The van der Waals surface area contributed by atoms with Crippen LogP contribution in [0.15, 0.2) is 82.2 Å². The lowest BCUT2D eigenvalue weighted by atomic mass is 10.1. The number of carboxylic acid groups (broad SMARTS) is 1. The number of benzene rings is 3. The van der Waals surface area contributed by atoms with Crippen LogP contribution in [0, 0.1) is 0 Å². The van der Waals surface area contributed by atoms with Crippen molar-refractivity contribution in [3.05, 3.63) is 87.9 Å². The first kappa shape index (κ1) is 25.7. The molecule has 178 valence electrons. The minimum atomic E-state index is -4.04. The number of aliphatic carboxylic acids is 1. The van der Waals surface area contributed by atoms with Crippen molar-refractivity contribution in [2.75, 3.05) is 11.9 Å². The normalized spacial score (nSPS) is 12.1. The number of hydrogen-bond donors (Lipinski definition) is 3. The van der Waals surface area contributed by atoms with Crippen LogP contribution in [-0.2, 0) is 26.0 Å². The van der Waals surface area contributed by atoms with Gasteiger partial charge in [0, 0.05) is 15.2 Å². The highest BCUT2D eigenvalue weighted by molar-refractivity contribution is 9.10. The fourth-order valence-corrected chi connectivity index (χ4v) is 4.42. The van der Waals surface area contributed by atoms with Gasteiger partial charge in [0.1, 0.15) is 18.4 Å². The lowest BCUT2D eigenvalue weighted by Gasteiger charge is -2.19. The third-order valence-electron chi connectivity index (χ3n) is 4.54. The zero-order valence-electron chi connectivity index (χ0n) is 17.6. The second-order valence-electron chi connectivity index (χ2n) is 7.15. The lowest BCUT2D eigenvalue weighted by molar-refractivity contribution is -0.136. The molecule has 3 rings (SSSR count). The number of rotatable bonds is 10. The first-order valence-electron chi connectivity index (χ1n) is 9.90. The summed E-state index contributed by atoms with van der Waals surface area (Å²) in [5.41, 5.74) is 0.933. The minimum absolute atomic E-state index is 0.0157. The number of hydrogen-bond acceptors (Lipinski definition) is 5. The van der Waals surface area contributed by atoms with Crippen LogP contribution in [0.3, 0.4) is 0 Å². The Bertz CT molecular complexity index is 1250. The predicted molar refractivity (Wildman–Crippen MR) is 132 cm³/mol. The molecule has 0 fully saturated rings. The number of sulfonamides is 1. The summed E-state index contributed by atoms with van der Waals surface area (Å²) < 4.78 is 34.5. The Kier molecular flexibility index (Phi) is 8.67. The van der Waals surface area contributed by atoms with E-state index < -0.39 is 27.9 Å². The summed E-state index contributed by atoms with van der Waals surface area (Å²) in [7, 11) is -4.04. The van der Waals surface area contributed by atoms with Gasteiger partial charge in [-0.1, -0.05) is 39.7 Å². The van der Waals surface area contributed by atoms with Crippen LogP contribution in [0.5, 0.6) is 5.75 Å². The van der Waals surface area contributed by atoms with Crippen LogP contribution in [0.1, 0.15) is 5.56 Å². The van der Waals surface area contributed by atoms with E-state index in [2.05, 4.69) is 26.0 Å². The summed E-state index contributed by atoms with van der Waals surface area (Å²) in [5, 5.41) is 12.0. The molecule has 1 amide bonds. The van der Waals surface area contributed by atoms with E-state index in [4.69, 9.17) is 21.4 Å². The Labute approximate surface area is 210 Å². The van der Waals surface area contributed by atoms with Gasteiger partial charge in [-0.15, -0.1) is 0 Å². The number of ether oxygens (including phenoxy) is 1. The van der Waals surface area contributed by atoms with E-state index in [1.54, 1.807) is 48.5 Å². The third kappa shape index (κ3) is 7.56. The van der Waals surface area contributed by atoms with E-state index in [1.807, 2.05) is 0 Å². The molecule has 0 radical (unpaired) electrons. The quantitative estimate of drug-likeness (QED) is 0.339. The van der Waals surface area contributed by atoms with Crippen molar-refractivity contribution in [1.29, 1.82) is 0 Å². The molecule has 3 N–H and O–H groups in total. The number of carboxylic acids is 1. The molecule has 3 aromatic rings. The molecule has 0 aliphatic rings. The average Bonchev–Trinajstić information content (AvgIpc) is 2.79. The van der Waals surface area contributed by atoms with Crippen molar-refractivity contribution in [3.8, 4) is 5.75 Å². The molecule has 0 aromatic heterocycles. The summed E-state index contributed by atoms with van der Waals surface area (Å²) in [4.78, 5) is 23.8. The van der Waals surface area contributed by atoms with E-state index in [0.29, 0.717) is 26.5 Å². The van der Waals surface area contributed by atoms with Gasteiger partial charge in [0.25, 0.3) is 0 Å². The van der Waals surface area contributed by atoms with Crippen LogP contribution >= 0.6 is 27.5 Å². The average molecular weight is 568 g/mol. The van der Waals surface area contributed by atoms with Gasteiger partial charge in [-0.05, 0) is 66.2 Å². The Morgan fingerprint density at radius 2 is 1.59 bits per heavy atom. The molecule has 8 nitrogen and oxygen atoms in total. The van der Waals surface area contributed by atoms with Crippen LogP contribution in [-0.4, -0.2) is 38.0 Å². The standard InChI is InChI=1S/C23H20BrClN2O6S/c24-16-3-11-20(12-4-16)34(31,32)27-21(14-33-19-9-5-17(25)6-10-19)23(30)26-18-7-1-15(2-8-18)13-22(28)29/h1-12,21,27H,13-14H2,(H,26,30)(H,28,29)/t21-/m0/s1. The molecule has 0 heterocycles. The SMILES string of the molecule is O=C(O)Cc1ccc(NC(=O)[C@H](COc2ccc(Cl)cc2)NS(=O)(=O)c2ccc(Br)cc2)cc1. The lowest BCUT2D eigenvalue weighted by Crippen LogP contribution is -2.47. The van der Waals surface area contributed by atoms with E-state index >= 15 is 0 Å². The van der Waals surface area contributed by atoms with Gasteiger partial charge >= 0.3 is 5.97 Å². The first-order chi connectivity index (χ1) is 16.1. The fraction of sp³-hybridized carbons (Fsp3) is 0.130. The zero-order chi connectivity index (χ0) is 24.7. The summed E-state index contributed by atoms with van der Waals surface area (Å²) in [6.07, 6.45) is -0.154. The summed E-state index contributed by atoms with van der Waals surface area (Å²) >= 11 is 9.13. The Morgan fingerprint density at radius 3 is 2.18 bits per heavy atom. The molecule has 0 unspecified atom stereocenters. The van der Waals surface area contributed by atoms with E-state index in [-0.39, 0.29) is 17.9 Å². The molecular formula is C23H20BrClN2O6S. The molecule has 11 heteroatoms. The minimum Gasteiger partial charge on any atom is -0.491 e. The first-order valence-corrected chi connectivity index (χ1v) is 12.6. The zero-order valence-corrected chi connectivity index (χ0v) is 20.7. The van der Waals surface area contributed by atoms with Crippen molar-refractivity contribution in [3.63, 3.8) is 0 Å². The molecule has 0 bridgehead atoms. The monoisotopic (exact) mass is 566 g/mol. The van der Waals surface area contributed by atoms with Crippen LogP contribution in [0.4, 0.5) is 5.69 Å². The smallest absolute Gasteiger partial charge is 0.307 e.